The monoisotopic (exact) mass is 492 g/mol. The van der Waals surface area contributed by atoms with E-state index in [0.29, 0.717) is 0 Å². The number of hydrogen-bond donors (Lipinski definition) is 3. The van der Waals surface area contributed by atoms with Crippen molar-refractivity contribution >= 4 is 17.5 Å². The van der Waals surface area contributed by atoms with Gasteiger partial charge in [-0.05, 0) is 31.5 Å². The number of fused-ring (bicyclic) bond motifs is 1. The molecule has 3 rings (SSSR count). The molecule has 0 aliphatic rings. The van der Waals surface area contributed by atoms with Gasteiger partial charge in [-0.25, -0.2) is 0 Å². The van der Waals surface area contributed by atoms with Crippen molar-refractivity contribution in [2.75, 3.05) is 13.2 Å². The molecule has 3 aromatic rings. The summed E-state index contributed by atoms with van der Waals surface area (Å²) in [4.78, 5) is 25.4. The number of ether oxygens (including phenoxy) is 1. The number of alkyl halides is 3. The van der Waals surface area contributed by atoms with Crippen LogP contribution < -0.4 is 16.4 Å². The quantitative estimate of drug-likeness (QED) is 0.400. The lowest BCUT2D eigenvalue weighted by Crippen LogP contribution is -2.51. The molecule has 1 atom stereocenters. The third-order valence-corrected chi connectivity index (χ3v) is 4.98. The maximum Gasteiger partial charge on any atom is 0.390 e. The first kappa shape index (κ1) is 26.1. The second-order valence-electron chi connectivity index (χ2n) is 8.53. The van der Waals surface area contributed by atoms with Crippen molar-refractivity contribution < 1.29 is 27.5 Å². The zero-order valence-corrected chi connectivity index (χ0v) is 19.3. The topological polar surface area (TPSA) is 124 Å². The van der Waals surface area contributed by atoms with E-state index in [2.05, 4.69) is 20.8 Å². The third-order valence-electron chi connectivity index (χ3n) is 4.98. The van der Waals surface area contributed by atoms with Crippen LogP contribution in [0, 0.1) is 0 Å². The first-order valence-electron chi connectivity index (χ1n) is 10.9. The second-order valence-corrected chi connectivity index (χ2v) is 8.53. The molecule has 9 nitrogen and oxygen atoms in total. The van der Waals surface area contributed by atoms with Gasteiger partial charge in [-0.2, -0.15) is 13.2 Å². The Morgan fingerprint density at radius 1 is 1.09 bits per heavy atom. The van der Waals surface area contributed by atoms with Crippen LogP contribution >= 0.6 is 0 Å². The number of carbonyl (C=O) groups is 2. The minimum absolute atomic E-state index is 0.0130. The van der Waals surface area contributed by atoms with Crippen LogP contribution in [0.1, 0.15) is 48.2 Å². The summed E-state index contributed by atoms with van der Waals surface area (Å²) >= 11 is 0. The van der Waals surface area contributed by atoms with Crippen LogP contribution in [-0.2, 0) is 16.1 Å². The molecule has 0 fully saturated rings. The van der Waals surface area contributed by atoms with E-state index in [0.717, 1.165) is 5.56 Å². The molecule has 0 spiro atoms. The Kier molecular flexibility index (Phi) is 8.07. The maximum absolute atomic E-state index is 12.7. The summed E-state index contributed by atoms with van der Waals surface area (Å²) < 4.78 is 44.7. The molecule has 0 saturated heterocycles. The molecule has 2 amide bonds. The van der Waals surface area contributed by atoms with Gasteiger partial charge < -0.3 is 21.1 Å². The van der Waals surface area contributed by atoms with E-state index < -0.39 is 42.5 Å². The Hall–Kier alpha value is -3.51. The van der Waals surface area contributed by atoms with Crippen molar-refractivity contribution in [2.45, 2.75) is 44.6 Å². The van der Waals surface area contributed by atoms with Gasteiger partial charge in [0.2, 0.25) is 5.91 Å². The highest BCUT2D eigenvalue weighted by Crippen LogP contribution is 2.20. The van der Waals surface area contributed by atoms with E-state index in [-0.39, 0.29) is 30.4 Å². The molecular weight excluding hydrogens is 465 g/mol. The summed E-state index contributed by atoms with van der Waals surface area (Å²) in [6, 6.07) is 13.1. The van der Waals surface area contributed by atoms with Crippen LogP contribution in [0.3, 0.4) is 0 Å². The van der Waals surface area contributed by atoms with Crippen molar-refractivity contribution in [1.29, 1.82) is 0 Å². The van der Waals surface area contributed by atoms with Gasteiger partial charge in [0.15, 0.2) is 11.5 Å². The van der Waals surface area contributed by atoms with Crippen molar-refractivity contribution in [1.82, 2.24) is 25.2 Å². The van der Waals surface area contributed by atoms with E-state index in [1.165, 1.54) is 30.4 Å². The summed E-state index contributed by atoms with van der Waals surface area (Å²) in [6.45, 7) is 2.71. The van der Waals surface area contributed by atoms with Gasteiger partial charge in [0.05, 0.1) is 25.2 Å². The van der Waals surface area contributed by atoms with Gasteiger partial charge in [-0.15, -0.1) is 10.2 Å². The summed E-state index contributed by atoms with van der Waals surface area (Å²) in [6.07, 6.45) is -5.57. The predicted octanol–water partition coefficient (Wildman–Crippen LogP) is 2.52. The molecule has 188 valence electrons. The molecule has 0 bridgehead atoms. The molecule has 1 aromatic carbocycles. The molecule has 0 aliphatic heterocycles. The number of nitrogens with two attached hydrogens (primary N) is 1. The van der Waals surface area contributed by atoms with Crippen molar-refractivity contribution in [3.8, 4) is 0 Å². The molecule has 35 heavy (non-hydrogen) atoms. The van der Waals surface area contributed by atoms with E-state index >= 15 is 0 Å². The number of rotatable bonds is 10. The van der Waals surface area contributed by atoms with Crippen LogP contribution in [0.25, 0.3) is 5.65 Å². The maximum atomic E-state index is 12.7. The van der Waals surface area contributed by atoms with Crippen molar-refractivity contribution in [3.63, 3.8) is 0 Å². The first-order chi connectivity index (χ1) is 16.5. The normalized spacial score (nSPS) is 13.0. The number of nitrogens with zero attached hydrogens (tertiary/aromatic N) is 3. The lowest BCUT2D eigenvalue weighted by molar-refractivity contribution is -0.133. The zero-order chi connectivity index (χ0) is 25.6. The van der Waals surface area contributed by atoms with Crippen molar-refractivity contribution in [3.05, 3.63) is 65.6 Å². The minimum Gasteiger partial charge on any atom is -0.374 e. The number of carbonyl (C=O) groups excluding carboxylic acids is 2. The summed E-state index contributed by atoms with van der Waals surface area (Å²) in [7, 11) is 0. The first-order valence-corrected chi connectivity index (χ1v) is 10.9. The second kappa shape index (κ2) is 10.8. The number of aromatic nitrogens is 3. The molecule has 0 saturated carbocycles. The number of benzene rings is 1. The Balaban J connectivity index is 1.88. The van der Waals surface area contributed by atoms with Crippen LogP contribution in [0.4, 0.5) is 13.2 Å². The highest BCUT2D eigenvalue weighted by Gasteiger charge is 2.30. The highest BCUT2D eigenvalue weighted by atomic mass is 19.4. The standard InChI is InChI=1S/C23H27F3N6O3/c1-22(2,27)21(34)29-16(14-35-13-15-7-4-3-5-8-15)19-31-30-18-10-6-9-17(32(18)19)20(33)28-12-11-23(24,25)26/h3-10,16H,11-14,27H2,1-2H3,(H,28,33)(H,29,34)/t16-/m1/s1. The van der Waals surface area contributed by atoms with Gasteiger partial charge in [0, 0.05) is 6.54 Å². The molecule has 2 aromatic heterocycles. The average molecular weight is 493 g/mol. The largest absolute Gasteiger partial charge is 0.390 e. The molecular formula is C23H27F3N6O3. The Bertz CT molecular complexity index is 1160. The highest BCUT2D eigenvalue weighted by molar-refractivity contribution is 5.93. The van der Waals surface area contributed by atoms with E-state index in [1.807, 2.05) is 30.3 Å². The predicted molar refractivity (Wildman–Crippen MR) is 121 cm³/mol. The Morgan fingerprint density at radius 2 is 1.80 bits per heavy atom. The number of halogens is 3. The van der Waals surface area contributed by atoms with Crippen LogP contribution in [0.2, 0.25) is 0 Å². The fourth-order valence-electron chi connectivity index (χ4n) is 3.17. The Labute approximate surface area is 199 Å². The van der Waals surface area contributed by atoms with Gasteiger partial charge in [0.1, 0.15) is 11.7 Å². The van der Waals surface area contributed by atoms with Crippen LogP contribution in [-0.4, -0.2) is 51.3 Å². The van der Waals surface area contributed by atoms with Crippen molar-refractivity contribution in [2.24, 2.45) is 5.73 Å². The average Bonchev–Trinajstić information content (AvgIpc) is 3.21. The summed E-state index contributed by atoms with van der Waals surface area (Å²) in [5.41, 5.74) is 5.92. The fourth-order valence-corrected chi connectivity index (χ4v) is 3.17. The molecule has 0 unspecified atom stereocenters. The van der Waals surface area contributed by atoms with Gasteiger partial charge in [-0.1, -0.05) is 36.4 Å². The molecule has 0 radical (unpaired) electrons. The van der Waals surface area contributed by atoms with E-state index in [1.54, 1.807) is 6.07 Å². The molecule has 0 aliphatic carbocycles. The van der Waals surface area contributed by atoms with Crippen LogP contribution in [0.15, 0.2) is 48.5 Å². The van der Waals surface area contributed by atoms with Gasteiger partial charge in [0.25, 0.3) is 5.91 Å². The third kappa shape index (κ3) is 7.23. The van der Waals surface area contributed by atoms with Crippen LogP contribution in [0.5, 0.6) is 0 Å². The SMILES string of the molecule is CC(C)(N)C(=O)N[C@H](COCc1ccccc1)c1nnc2cccc(C(=O)NCCC(F)(F)F)n12. The fraction of sp³-hybridized carbons (Fsp3) is 0.391. The number of amides is 2. The van der Waals surface area contributed by atoms with E-state index in [4.69, 9.17) is 10.5 Å². The Morgan fingerprint density at radius 3 is 2.46 bits per heavy atom. The lowest BCUT2D eigenvalue weighted by Gasteiger charge is -2.24. The van der Waals surface area contributed by atoms with E-state index in [9.17, 15) is 22.8 Å². The van der Waals surface area contributed by atoms with Gasteiger partial charge >= 0.3 is 6.18 Å². The smallest absolute Gasteiger partial charge is 0.374 e. The molecule has 2 heterocycles. The number of hydrogen-bond acceptors (Lipinski definition) is 6. The zero-order valence-electron chi connectivity index (χ0n) is 19.3. The number of nitrogens with one attached hydrogen (secondary N) is 2. The molecule has 4 N–H and O–H groups in total. The summed E-state index contributed by atoms with van der Waals surface area (Å²) in [5.74, 6) is -1.06. The summed E-state index contributed by atoms with van der Waals surface area (Å²) in [5, 5.41) is 13.2. The van der Waals surface area contributed by atoms with Gasteiger partial charge in [-0.3, -0.25) is 14.0 Å². The number of pyridine rings is 1. The molecule has 12 heteroatoms. The lowest BCUT2D eigenvalue weighted by atomic mass is 10.1. The minimum atomic E-state index is -4.40.